The molecule has 0 bridgehead atoms. The fraction of sp³-hybridized carbons (Fsp3) is 0. The molecule has 17 heavy (non-hydrogen) atoms. The minimum atomic E-state index is -1.55. The molecule has 0 aliphatic rings. The van der Waals surface area contributed by atoms with Gasteiger partial charge in [-0.2, -0.15) is 0 Å². The molecule has 1 radical (unpaired) electrons. The van der Waals surface area contributed by atoms with Crippen LogP contribution in [0.25, 0.3) is 6.08 Å². The van der Waals surface area contributed by atoms with E-state index in [1.807, 2.05) is 36.4 Å². The number of hydrogen-bond acceptors (Lipinski definition) is 4. The fourth-order valence-electron chi connectivity index (χ4n) is 0.725. The summed E-state index contributed by atoms with van der Waals surface area (Å²) in [6.45, 7) is 3.63. The van der Waals surface area contributed by atoms with Crippen molar-refractivity contribution in [2.75, 3.05) is 0 Å². The first-order valence-electron chi connectivity index (χ1n) is 4.33. The van der Waals surface area contributed by atoms with Crippen LogP contribution in [-0.4, -0.2) is 11.9 Å². The Bertz CT molecular complexity index is 369. The first-order chi connectivity index (χ1) is 7.56. The second kappa shape index (κ2) is 10.7. The van der Waals surface area contributed by atoms with E-state index in [-0.39, 0.29) is 17.1 Å². The van der Waals surface area contributed by atoms with Crippen LogP contribution in [0.3, 0.4) is 0 Å². The SMILES string of the molecule is C=Cc1ccccc1.O=C([O-])/C=C\C(=O)[O-].[Cu+2]. The Labute approximate surface area is 110 Å². The zero-order chi connectivity index (χ0) is 12.4. The van der Waals surface area contributed by atoms with Crippen molar-refractivity contribution in [3.63, 3.8) is 0 Å². The van der Waals surface area contributed by atoms with Crippen molar-refractivity contribution in [3.05, 3.63) is 54.6 Å². The third-order valence-electron chi connectivity index (χ3n) is 1.39. The van der Waals surface area contributed by atoms with Crippen LogP contribution >= 0.6 is 0 Å². The van der Waals surface area contributed by atoms with Crippen LogP contribution in [0.2, 0.25) is 0 Å². The molecule has 93 valence electrons. The van der Waals surface area contributed by atoms with Gasteiger partial charge < -0.3 is 19.8 Å². The second-order valence-electron chi connectivity index (χ2n) is 2.59. The maximum Gasteiger partial charge on any atom is 2.00 e. The van der Waals surface area contributed by atoms with E-state index in [0.29, 0.717) is 12.2 Å². The minimum absolute atomic E-state index is 0. The summed E-state index contributed by atoms with van der Waals surface area (Å²) in [4.78, 5) is 18.8. The van der Waals surface area contributed by atoms with Gasteiger partial charge in [-0.05, 0) is 17.7 Å². The monoisotopic (exact) mass is 281 g/mol. The summed E-state index contributed by atoms with van der Waals surface area (Å²) >= 11 is 0. The molecule has 0 heterocycles. The van der Waals surface area contributed by atoms with Crippen molar-refractivity contribution in [1.29, 1.82) is 0 Å². The largest absolute Gasteiger partial charge is 2.00 e. The maximum absolute atomic E-state index is 9.41. The second-order valence-corrected chi connectivity index (χ2v) is 2.59. The molecule has 0 aliphatic heterocycles. The summed E-state index contributed by atoms with van der Waals surface area (Å²) in [6.07, 6.45) is 2.60. The van der Waals surface area contributed by atoms with Crippen LogP contribution in [-0.2, 0) is 26.7 Å². The van der Waals surface area contributed by atoms with Gasteiger partial charge in [0.25, 0.3) is 0 Å². The van der Waals surface area contributed by atoms with Gasteiger partial charge in [-0.1, -0.05) is 43.0 Å². The van der Waals surface area contributed by atoms with Gasteiger partial charge in [-0.3, -0.25) is 0 Å². The predicted molar refractivity (Wildman–Crippen MR) is 55.7 cm³/mol. The van der Waals surface area contributed by atoms with Gasteiger partial charge in [0.15, 0.2) is 0 Å². The number of rotatable bonds is 3. The maximum atomic E-state index is 9.41. The summed E-state index contributed by atoms with van der Waals surface area (Å²) in [7, 11) is 0. The number of carbonyl (C=O) groups is 2. The van der Waals surface area contributed by atoms with Gasteiger partial charge in [0.1, 0.15) is 0 Å². The van der Waals surface area contributed by atoms with Gasteiger partial charge in [0.05, 0.1) is 11.9 Å². The Morgan fingerprint density at radius 2 is 1.41 bits per heavy atom. The molecule has 0 unspecified atom stereocenters. The zero-order valence-electron chi connectivity index (χ0n) is 8.76. The summed E-state index contributed by atoms with van der Waals surface area (Å²) in [6, 6.07) is 10.0. The number of carboxylic acids is 2. The van der Waals surface area contributed by atoms with E-state index in [1.54, 1.807) is 0 Å². The Balaban J connectivity index is 0. The number of benzene rings is 1. The molecule has 1 aromatic rings. The summed E-state index contributed by atoms with van der Waals surface area (Å²) < 4.78 is 0. The first kappa shape index (κ1) is 17.6. The van der Waals surface area contributed by atoms with Gasteiger partial charge in [-0.25, -0.2) is 0 Å². The van der Waals surface area contributed by atoms with Crippen LogP contribution in [0.4, 0.5) is 0 Å². The van der Waals surface area contributed by atoms with Crippen molar-refractivity contribution in [3.8, 4) is 0 Å². The van der Waals surface area contributed by atoms with Crippen LogP contribution in [0.1, 0.15) is 5.56 Å². The molecule has 0 aromatic heterocycles. The van der Waals surface area contributed by atoms with Crippen molar-refractivity contribution in [2.24, 2.45) is 0 Å². The van der Waals surface area contributed by atoms with E-state index < -0.39 is 11.9 Å². The summed E-state index contributed by atoms with van der Waals surface area (Å²) in [5, 5.41) is 18.8. The molecule has 0 atom stereocenters. The van der Waals surface area contributed by atoms with Gasteiger partial charge in [-0.15, -0.1) is 0 Å². The topological polar surface area (TPSA) is 80.3 Å². The molecule has 1 aromatic carbocycles. The van der Waals surface area contributed by atoms with E-state index in [0.717, 1.165) is 0 Å². The van der Waals surface area contributed by atoms with Crippen molar-refractivity contribution in [1.82, 2.24) is 0 Å². The Hall–Kier alpha value is -1.84. The third kappa shape index (κ3) is 12.1. The molecule has 0 N–H and O–H groups in total. The van der Waals surface area contributed by atoms with Gasteiger partial charge in [0.2, 0.25) is 0 Å². The van der Waals surface area contributed by atoms with Crippen LogP contribution < -0.4 is 10.2 Å². The molecule has 0 saturated heterocycles. The Morgan fingerprint density at radius 1 is 1.00 bits per heavy atom. The van der Waals surface area contributed by atoms with Crippen molar-refractivity contribution < 1.29 is 36.9 Å². The van der Waals surface area contributed by atoms with E-state index in [4.69, 9.17) is 0 Å². The van der Waals surface area contributed by atoms with E-state index >= 15 is 0 Å². The molecule has 0 aliphatic carbocycles. The molecule has 0 spiro atoms. The van der Waals surface area contributed by atoms with E-state index in [1.165, 1.54) is 5.56 Å². The Kier molecular flexibility index (Phi) is 11.0. The number of carboxylic acid groups (broad SMARTS) is 2. The molecule has 0 fully saturated rings. The first-order valence-corrected chi connectivity index (χ1v) is 4.33. The normalized spacial score (nSPS) is 8.47. The van der Waals surface area contributed by atoms with Gasteiger partial charge >= 0.3 is 17.1 Å². The number of carbonyl (C=O) groups excluding carboxylic acids is 2. The summed E-state index contributed by atoms with van der Waals surface area (Å²) in [5.41, 5.74) is 1.17. The molecular weight excluding hydrogens is 272 g/mol. The molecule has 4 nitrogen and oxygen atoms in total. The standard InChI is InChI=1S/C8H8.C4H4O4.Cu/c1-2-8-6-4-3-5-7-8;5-3(6)1-2-4(7)8;/h2-7H,1H2;1-2H,(H,5,6)(H,7,8);/q;;+2/p-2/b;2-1-;. The molecule has 1 rings (SSSR count). The van der Waals surface area contributed by atoms with Crippen molar-refractivity contribution in [2.45, 2.75) is 0 Å². The third-order valence-corrected chi connectivity index (χ3v) is 1.39. The van der Waals surface area contributed by atoms with Crippen LogP contribution in [0.5, 0.6) is 0 Å². The average molecular weight is 282 g/mol. The van der Waals surface area contributed by atoms with Crippen molar-refractivity contribution >= 4 is 18.0 Å². The Morgan fingerprint density at radius 3 is 1.65 bits per heavy atom. The zero-order valence-corrected chi connectivity index (χ0v) is 9.70. The van der Waals surface area contributed by atoms with Crippen LogP contribution in [0, 0.1) is 0 Å². The molecular formula is C12H10CuO4. The number of aliphatic carboxylic acids is 2. The quantitative estimate of drug-likeness (QED) is 0.546. The predicted octanol–water partition coefficient (Wildman–Crippen LogP) is -0.631. The number of hydrogen-bond donors (Lipinski definition) is 0. The van der Waals surface area contributed by atoms with E-state index in [2.05, 4.69) is 6.58 Å². The fourth-order valence-corrected chi connectivity index (χ4v) is 0.725. The van der Waals surface area contributed by atoms with E-state index in [9.17, 15) is 19.8 Å². The molecule has 0 saturated carbocycles. The van der Waals surface area contributed by atoms with Gasteiger partial charge in [0, 0.05) is 0 Å². The minimum Gasteiger partial charge on any atom is -0.545 e. The molecule has 5 heteroatoms. The van der Waals surface area contributed by atoms with Crippen LogP contribution in [0.15, 0.2) is 49.1 Å². The smallest absolute Gasteiger partial charge is 0.545 e. The molecule has 0 amide bonds. The summed E-state index contributed by atoms with van der Waals surface area (Å²) in [5.74, 6) is -3.09. The average Bonchev–Trinajstić information content (AvgIpc) is 2.28.